The topological polar surface area (TPSA) is 88.2 Å². The van der Waals surface area contributed by atoms with Gasteiger partial charge in [0, 0.05) is 6.08 Å². The van der Waals surface area contributed by atoms with E-state index in [2.05, 4.69) is 39.2 Å². The lowest BCUT2D eigenvalue weighted by molar-refractivity contribution is -0.116. The maximum absolute atomic E-state index is 12.8. The minimum atomic E-state index is -2.12. The lowest BCUT2D eigenvalue weighted by Gasteiger charge is -2.37. The van der Waals surface area contributed by atoms with Crippen LogP contribution in [0.3, 0.4) is 0 Å². The van der Waals surface area contributed by atoms with Crippen molar-refractivity contribution in [2.24, 2.45) is 0 Å². The summed E-state index contributed by atoms with van der Waals surface area (Å²) in [5.74, 6) is -0.146. The molecule has 0 spiro atoms. The number of amides is 1. The summed E-state index contributed by atoms with van der Waals surface area (Å²) in [5, 5.41) is 12.8. The standard InChI is InChI=1S/C19H25NO5Si/c1-19(2,3)26(4,5)25-14-9-7-6-8-11(14)18(23)20-12-10-13(21)16-17(24-16)15(12)22/h6-10,15-17,22H,1-5H3,(H,20,23)/t15-,16+,17-/m0/s1. The third kappa shape index (κ3) is 3.47. The van der Waals surface area contributed by atoms with Gasteiger partial charge in [-0.2, -0.15) is 0 Å². The Labute approximate surface area is 154 Å². The number of aliphatic hydroxyl groups is 1. The predicted molar refractivity (Wildman–Crippen MR) is 99.5 cm³/mol. The molecule has 6 nitrogen and oxygen atoms in total. The summed E-state index contributed by atoms with van der Waals surface area (Å²) in [7, 11) is -2.12. The fourth-order valence-electron chi connectivity index (χ4n) is 2.57. The Bertz CT molecular complexity index is 780. The van der Waals surface area contributed by atoms with Gasteiger partial charge in [-0.3, -0.25) is 9.59 Å². The third-order valence-corrected chi connectivity index (χ3v) is 9.64. The Morgan fingerprint density at radius 1 is 1.27 bits per heavy atom. The van der Waals surface area contributed by atoms with E-state index in [0.29, 0.717) is 11.3 Å². The molecule has 1 fully saturated rings. The second-order valence-corrected chi connectivity index (χ2v) is 13.0. The van der Waals surface area contributed by atoms with E-state index in [4.69, 9.17) is 9.16 Å². The van der Waals surface area contributed by atoms with Crippen LogP contribution in [-0.4, -0.2) is 43.4 Å². The van der Waals surface area contributed by atoms with Gasteiger partial charge in [-0.15, -0.1) is 0 Å². The highest BCUT2D eigenvalue weighted by atomic mass is 28.4. The van der Waals surface area contributed by atoms with E-state index >= 15 is 0 Å². The first-order chi connectivity index (χ1) is 12.0. The first kappa shape index (κ1) is 18.8. The molecule has 0 saturated carbocycles. The molecule has 7 heteroatoms. The van der Waals surface area contributed by atoms with E-state index < -0.39 is 32.5 Å². The molecule has 2 N–H and O–H groups in total. The molecule has 26 heavy (non-hydrogen) atoms. The number of aliphatic hydroxyl groups excluding tert-OH is 1. The Morgan fingerprint density at radius 2 is 1.92 bits per heavy atom. The molecule has 3 rings (SSSR count). The number of ether oxygens (including phenoxy) is 1. The maximum atomic E-state index is 12.8. The number of nitrogens with one attached hydrogen (secondary N) is 1. The number of carbonyl (C=O) groups is 2. The number of benzene rings is 1. The van der Waals surface area contributed by atoms with Gasteiger partial charge in [0.1, 0.15) is 24.1 Å². The van der Waals surface area contributed by atoms with Crippen LogP contribution in [-0.2, 0) is 9.53 Å². The van der Waals surface area contributed by atoms with Gasteiger partial charge in [0.05, 0.1) is 11.3 Å². The van der Waals surface area contributed by atoms with E-state index in [1.807, 2.05) is 6.07 Å². The van der Waals surface area contributed by atoms with Crippen molar-refractivity contribution >= 4 is 20.0 Å². The zero-order valence-corrected chi connectivity index (χ0v) is 16.7. The fraction of sp³-hybridized carbons (Fsp3) is 0.474. The molecular weight excluding hydrogens is 350 g/mol. The average Bonchev–Trinajstić information content (AvgIpc) is 3.32. The largest absolute Gasteiger partial charge is 0.543 e. The quantitative estimate of drug-likeness (QED) is 0.623. The average molecular weight is 375 g/mol. The molecule has 0 radical (unpaired) electrons. The monoisotopic (exact) mass is 375 g/mol. The van der Waals surface area contributed by atoms with Gasteiger partial charge >= 0.3 is 0 Å². The highest BCUT2D eigenvalue weighted by Crippen LogP contribution is 2.38. The number of rotatable bonds is 4. The van der Waals surface area contributed by atoms with E-state index in [-0.39, 0.29) is 16.5 Å². The number of epoxide rings is 1. The Morgan fingerprint density at radius 3 is 2.58 bits per heavy atom. The number of ketones is 1. The zero-order valence-electron chi connectivity index (χ0n) is 15.7. The number of para-hydroxylation sites is 1. The maximum Gasteiger partial charge on any atom is 0.259 e. The van der Waals surface area contributed by atoms with Crippen LogP contribution < -0.4 is 9.74 Å². The number of hydrogen-bond acceptors (Lipinski definition) is 5. The van der Waals surface area contributed by atoms with Crippen molar-refractivity contribution in [1.82, 2.24) is 5.32 Å². The van der Waals surface area contributed by atoms with Crippen molar-refractivity contribution < 1.29 is 23.9 Å². The van der Waals surface area contributed by atoms with Gasteiger partial charge in [-0.25, -0.2) is 0 Å². The first-order valence-corrected chi connectivity index (χ1v) is 11.6. The lowest BCUT2D eigenvalue weighted by atomic mass is 10.0. The Kier molecular flexibility index (Phi) is 4.58. The molecule has 0 bridgehead atoms. The van der Waals surface area contributed by atoms with Crippen molar-refractivity contribution in [2.75, 3.05) is 0 Å². The molecule has 1 aliphatic carbocycles. The summed E-state index contributed by atoms with van der Waals surface area (Å²) in [6.45, 7) is 10.6. The normalized spacial score (nSPS) is 25.2. The second kappa shape index (κ2) is 6.33. The van der Waals surface area contributed by atoms with Crippen LogP contribution in [0.1, 0.15) is 31.1 Å². The highest BCUT2D eigenvalue weighted by Gasteiger charge is 2.53. The summed E-state index contributed by atoms with van der Waals surface area (Å²) in [6, 6.07) is 7.02. The van der Waals surface area contributed by atoms with Crippen molar-refractivity contribution in [3.05, 3.63) is 41.6 Å². The zero-order chi connectivity index (χ0) is 19.3. The number of fused-ring (bicyclic) bond motifs is 1. The van der Waals surface area contributed by atoms with Crippen molar-refractivity contribution in [2.45, 2.75) is 57.2 Å². The summed E-state index contributed by atoms with van der Waals surface area (Å²) >= 11 is 0. The van der Waals surface area contributed by atoms with Crippen LogP contribution >= 0.6 is 0 Å². The fourth-order valence-corrected chi connectivity index (χ4v) is 3.60. The number of hydrogen-bond donors (Lipinski definition) is 2. The summed E-state index contributed by atoms with van der Waals surface area (Å²) in [4.78, 5) is 24.6. The molecule has 1 aliphatic heterocycles. The minimum Gasteiger partial charge on any atom is -0.543 e. The molecule has 3 atom stereocenters. The Hall–Kier alpha value is -1.96. The smallest absolute Gasteiger partial charge is 0.259 e. The Balaban J connectivity index is 1.81. The number of carbonyl (C=O) groups excluding carboxylic acids is 2. The summed E-state index contributed by atoms with van der Waals surface area (Å²) < 4.78 is 11.4. The van der Waals surface area contributed by atoms with E-state index in [9.17, 15) is 14.7 Å². The molecule has 1 saturated heterocycles. The summed E-state index contributed by atoms with van der Waals surface area (Å²) in [6.07, 6.45) is -0.884. The molecule has 1 aromatic carbocycles. The van der Waals surface area contributed by atoms with Crippen molar-refractivity contribution in [3.63, 3.8) is 0 Å². The second-order valence-electron chi connectivity index (χ2n) is 8.28. The van der Waals surface area contributed by atoms with Crippen LogP contribution in [0, 0.1) is 0 Å². The minimum absolute atomic E-state index is 0.0105. The molecular formula is C19H25NO5Si. The van der Waals surface area contributed by atoms with E-state index in [0.717, 1.165) is 0 Å². The van der Waals surface area contributed by atoms with Gasteiger partial charge in [0.15, 0.2) is 5.78 Å². The van der Waals surface area contributed by atoms with Crippen LogP contribution in [0.15, 0.2) is 36.0 Å². The van der Waals surface area contributed by atoms with Gasteiger partial charge in [0.25, 0.3) is 14.2 Å². The molecule has 1 heterocycles. The summed E-state index contributed by atoms with van der Waals surface area (Å²) in [5.41, 5.74) is 0.539. The predicted octanol–water partition coefficient (Wildman–Crippen LogP) is 2.40. The molecule has 1 amide bonds. The van der Waals surface area contributed by atoms with Crippen LogP contribution in [0.25, 0.3) is 0 Å². The van der Waals surface area contributed by atoms with Gasteiger partial charge in [0.2, 0.25) is 0 Å². The van der Waals surface area contributed by atoms with Gasteiger partial charge in [-0.1, -0.05) is 32.9 Å². The SMILES string of the molecule is CC(C)(C)[Si](C)(C)Oc1ccccc1C(=O)NC1=CC(=O)[C@H]2O[C@H]2[C@H]1O. The molecule has 0 unspecified atom stereocenters. The van der Waals surface area contributed by atoms with Crippen molar-refractivity contribution in [3.8, 4) is 5.75 Å². The van der Waals surface area contributed by atoms with Crippen LogP contribution in [0.5, 0.6) is 5.75 Å². The lowest BCUT2D eigenvalue weighted by Crippen LogP contribution is -2.44. The first-order valence-electron chi connectivity index (χ1n) is 8.69. The van der Waals surface area contributed by atoms with Gasteiger partial charge in [-0.05, 0) is 30.3 Å². The van der Waals surface area contributed by atoms with Crippen LogP contribution in [0.2, 0.25) is 18.1 Å². The molecule has 0 aromatic heterocycles. The molecule has 1 aromatic rings. The van der Waals surface area contributed by atoms with E-state index in [1.165, 1.54) is 6.08 Å². The molecule has 2 aliphatic rings. The molecule has 140 valence electrons. The highest BCUT2D eigenvalue weighted by molar-refractivity contribution is 6.74. The van der Waals surface area contributed by atoms with Crippen molar-refractivity contribution in [1.29, 1.82) is 0 Å². The van der Waals surface area contributed by atoms with Crippen LogP contribution in [0.4, 0.5) is 0 Å². The van der Waals surface area contributed by atoms with E-state index in [1.54, 1.807) is 18.2 Å². The van der Waals surface area contributed by atoms with Gasteiger partial charge < -0.3 is 19.6 Å². The third-order valence-electron chi connectivity index (χ3n) is 5.29.